The predicted octanol–water partition coefficient (Wildman–Crippen LogP) is 2.49. The highest BCUT2D eigenvalue weighted by Gasteiger charge is 2.24. The SMILES string of the molecule is CC(O)c1ccc(N2C[C@@H](C)O[C@@H](C)C2)c(F)c1. The number of hydrogen-bond donors (Lipinski definition) is 1. The van der Waals surface area contributed by atoms with E-state index in [1.54, 1.807) is 19.1 Å². The zero-order chi connectivity index (χ0) is 13.3. The zero-order valence-electron chi connectivity index (χ0n) is 11.1. The molecule has 0 aliphatic carbocycles. The van der Waals surface area contributed by atoms with Crippen molar-refractivity contribution < 1.29 is 14.2 Å². The lowest BCUT2D eigenvalue weighted by molar-refractivity contribution is -0.00539. The van der Waals surface area contributed by atoms with Gasteiger partial charge in [0, 0.05) is 13.1 Å². The van der Waals surface area contributed by atoms with Crippen molar-refractivity contribution in [2.24, 2.45) is 0 Å². The van der Waals surface area contributed by atoms with Crippen LogP contribution < -0.4 is 4.90 Å². The maximum absolute atomic E-state index is 14.1. The first kappa shape index (κ1) is 13.3. The van der Waals surface area contributed by atoms with Crippen LogP contribution in [0.25, 0.3) is 0 Å². The number of anilines is 1. The maximum Gasteiger partial charge on any atom is 0.146 e. The summed E-state index contributed by atoms with van der Waals surface area (Å²) in [5, 5.41) is 9.43. The molecular weight excluding hydrogens is 233 g/mol. The minimum atomic E-state index is -0.643. The molecule has 3 nitrogen and oxygen atoms in total. The minimum absolute atomic E-state index is 0.101. The Bertz CT molecular complexity index is 412. The standard InChI is InChI=1S/C14H20FNO2/c1-9-7-16(8-10(2)18-9)14-5-4-12(11(3)17)6-13(14)15/h4-6,9-11,17H,7-8H2,1-3H3/t9-,10+,11?. The summed E-state index contributed by atoms with van der Waals surface area (Å²) in [5.41, 5.74) is 1.19. The average Bonchev–Trinajstić information content (AvgIpc) is 2.27. The van der Waals surface area contributed by atoms with E-state index in [2.05, 4.69) is 0 Å². The first-order valence-corrected chi connectivity index (χ1v) is 6.35. The van der Waals surface area contributed by atoms with Crippen LogP contribution in [0, 0.1) is 5.82 Å². The van der Waals surface area contributed by atoms with Crippen molar-refractivity contribution >= 4 is 5.69 Å². The smallest absolute Gasteiger partial charge is 0.146 e. The van der Waals surface area contributed by atoms with Crippen LogP contribution in [0.15, 0.2) is 18.2 Å². The van der Waals surface area contributed by atoms with Gasteiger partial charge in [0.15, 0.2) is 0 Å². The largest absolute Gasteiger partial charge is 0.389 e. The van der Waals surface area contributed by atoms with Crippen LogP contribution >= 0.6 is 0 Å². The fraction of sp³-hybridized carbons (Fsp3) is 0.571. The highest BCUT2D eigenvalue weighted by Crippen LogP contribution is 2.26. The van der Waals surface area contributed by atoms with Gasteiger partial charge in [0.05, 0.1) is 24.0 Å². The summed E-state index contributed by atoms with van der Waals surface area (Å²) in [5.74, 6) is -0.283. The van der Waals surface area contributed by atoms with Crippen molar-refractivity contribution in [3.8, 4) is 0 Å². The van der Waals surface area contributed by atoms with Crippen LogP contribution in [0.5, 0.6) is 0 Å². The third kappa shape index (κ3) is 2.82. The Labute approximate surface area is 107 Å². The van der Waals surface area contributed by atoms with Crippen LogP contribution in [-0.2, 0) is 4.74 Å². The molecular formula is C14H20FNO2. The lowest BCUT2D eigenvalue weighted by Crippen LogP contribution is -2.45. The van der Waals surface area contributed by atoms with E-state index in [0.717, 1.165) is 0 Å². The first-order chi connectivity index (χ1) is 8.47. The third-order valence-electron chi connectivity index (χ3n) is 3.21. The molecule has 1 heterocycles. The molecule has 3 atom stereocenters. The van der Waals surface area contributed by atoms with Gasteiger partial charge < -0.3 is 14.7 Å². The predicted molar refractivity (Wildman–Crippen MR) is 69.3 cm³/mol. The second-order valence-corrected chi connectivity index (χ2v) is 5.05. The lowest BCUT2D eigenvalue weighted by atomic mass is 10.1. The summed E-state index contributed by atoms with van der Waals surface area (Å²) in [7, 11) is 0. The van der Waals surface area contributed by atoms with Crippen LogP contribution in [0.1, 0.15) is 32.4 Å². The molecule has 1 N–H and O–H groups in total. The number of aliphatic hydroxyl groups excluding tert-OH is 1. The number of benzene rings is 1. The van der Waals surface area contributed by atoms with E-state index in [1.165, 1.54) is 6.07 Å². The number of rotatable bonds is 2. The Kier molecular flexibility index (Phi) is 3.88. The van der Waals surface area contributed by atoms with E-state index in [9.17, 15) is 9.50 Å². The second kappa shape index (κ2) is 5.24. The summed E-state index contributed by atoms with van der Waals surface area (Å²) in [4.78, 5) is 2.00. The topological polar surface area (TPSA) is 32.7 Å². The summed E-state index contributed by atoms with van der Waals surface area (Å²) < 4.78 is 19.7. The lowest BCUT2D eigenvalue weighted by Gasteiger charge is -2.37. The molecule has 4 heteroatoms. The third-order valence-corrected chi connectivity index (χ3v) is 3.21. The van der Waals surface area contributed by atoms with Crippen LogP contribution in [0.2, 0.25) is 0 Å². The van der Waals surface area contributed by atoms with Gasteiger partial charge in [-0.2, -0.15) is 0 Å². The summed E-state index contributed by atoms with van der Waals surface area (Å²) in [6.45, 7) is 6.99. The van der Waals surface area contributed by atoms with E-state index >= 15 is 0 Å². The molecule has 1 aromatic carbocycles. The van der Waals surface area contributed by atoms with E-state index in [-0.39, 0.29) is 18.0 Å². The highest BCUT2D eigenvalue weighted by atomic mass is 19.1. The molecule has 1 saturated heterocycles. The number of nitrogens with zero attached hydrogens (tertiary/aromatic N) is 1. The van der Waals surface area contributed by atoms with E-state index in [0.29, 0.717) is 24.3 Å². The van der Waals surface area contributed by atoms with Gasteiger partial charge >= 0.3 is 0 Å². The van der Waals surface area contributed by atoms with Gasteiger partial charge in [-0.15, -0.1) is 0 Å². The van der Waals surface area contributed by atoms with E-state index < -0.39 is 6.10 Å². The Balaban J connectivity index is 2.22. The van der Waals surface area contributed by atoms with E-state index in [4.69, 9.17) is 4.74 Å². The molecule has 1 aliphatic heterocycles. The molecule has 0 bridgehead atoms. The average molecular weight is 253 g/mol. The molecule has 0 aromatic heterocycles. The minimum Gasteiger partial charge on any atom is -0.389 e. The molecule has 0 amide bonds. The zero-order valence-corrected chi connectivity index (χ0v) is 11.1. The van der Waals surface area contributed by atoms with Gasteiger partial charge in [-0.3, -0.25) is 0 Å². The number of hydrogen-bond acceptors (Lipinski definition) is 3. The fourth-order valence-corrected chi connectivity index (χ4v) is 2.41. The Morgan fingerprint density at radius 1 is 1.33 bits per heavy atom. The fourth-order valence-electron chi connectivity index (χ4n) is 2.41. The van der Waals surface area contributed by atoms with Gasteiger partial charge in [0.2, 0.25) is 0 Å². The van der Waals surface area contributed by atoms with Crippen molar-refractivity contribution in [1.82, 2.24) is 0 Å². The molecule has 1 unspecified atom stereocenters. The van der Waals surface area contributed by atoms with Crippen LogP contribution in [-0.4, -0.2) is 30.4 Å². The maximum atomic E-state index is 14.1. The highest BCUT2D eigenvalue weighted by molar-refractivity contribution is 5.50. The van der Waals surface area contributed by atoms with Gasteiger partial charge in [0.1, 0.15) is 5.82 Å². The van der Waals surface area contributed by atoms with E-state index in [1.807, 2.05) is 18.7 Å². The Morgan fingerprint density at radius 3 is 2.44 bits per heavy atom. The quantitative estimate of drug-likeness (QED) is 0.879. The van der Waals surface area contributed by atoms with Crippen LogP contribution in [0.3, 0.4) is 0 Å². The molecule has 1 aliphatic rings. The number of halogens is 1. The van der Waals surface area contributed by atoms with Crippen molar-refractivity contribution in [2.75, 3.05) is 18.0 Å². The van der Waals surface area contributed by atoms with Crippen molar-refractivity contribution in [2.45, 2.75) is 39.1 Å². The summed E-state index contributed by atoms with van der Waals surface area (Å²) in [6.07, 6.45) is -0.440. The van der Waals surface area contributed by atoms with Gasteiger partial charge in [-0.25, -0.2) is 4.39 Å². The molecule has 1 fully saturated rings. The van der Waals surface area contributed by atoms with Gasteiger partial charge in [-0.05, 0) is 38.5 Å². The van der Waals surface area contributed by atoms with Crippen molar-refractivity contribution in [3.05, 3.63) is 29.6 Å². The Morgan fingerprint density at radius 2 is 1.94 bits per heavy atom. The monoisotopic (exact) mass is 253 g/mol. The molecule has 0 spiro atoms. The number of morpholine rings is 1. The second-order valence-electron chi connectivity index (χ2n) is 5.05. The van der Waals surface area contributed by atoms with Crippen LogP contribution in [0.4, 0.5) is 10.1 Å². The molecule has 0 radical (unpaired) electrons. The molecule has 0 saturated carbocycles. The molecule has 1 aromatic rings. The first-order valence-electron chi connectivity index (χ1n) is 6.35. The molecule has 2 rings (SSSR count). The van der Waals surface area contributed by atoms with Gasteiger partial charge in [-0.1, -0.05) is 6.07 Å². The van der Waals surface area contributed by atoms with Crippen molar-refractivity contribution in [3.63, 3.8) is 0 Å². The normalized spacial score (nSPS) is 26.2. The summed E-state index contributed by atoms with van der Waals surface area (Å²) in [6, 6.07) is 4.92. The van der Waals surface area contributed by atoms with Crippen molar-refractivity contribution in [1.29, 1.82) is 0 Å². The summed E-state index contributed by atoms with van der Waals surface area (Å²) >= 11 is 0. The number of aliphatic hydroxyl groups is 1. The Hall–Kier alpha value is -1.13. The molecule has 18 heavy (non-hydrogen) atoms. The number of ether oxygens (including phenoxy) is 1. The van der Waals surface area contributed by atoms with Gasteiger partial charge in [0.25, 0.3) is 0 Å². The molecule has 100 valence electrons.